The molecule has 3 N–H and O–H groups in total. The third kappa shape index (κ3) is 2.20. The van der Waals surface area contributed by atoms with Crippen LogP contribution in [0.1, 0.15) is 28.3 Å². The first-order chi connectivity index (χ1) is 7.56. The number of methoxy groups -OCH3 is 1. The largest absolute Gasteiger partial charge is 0.496 e. The van der Waals surface area contributed by atoms with Crippen molar-refractivity contribution in [2.45, 2.75) is 26.8 Å². The molecule has 0 bridgehead atoms. The van der Waals surface area contributed by atoms with Crippen LogP contribution in [0.5, 0.6) is 5.75 Å². The van der Waals surface area contributed by atoms with Crippen LogP contribution in [-0.4, -0.2) is 20.7 Å². The van der Waals surface area contributed by atoms with Gasteiger partial charge in [0.15, 0.2) is 0 Å². The van der Waals surface area contributed by atoms with Crippen molar-refractivity contribution in [1.82, 2.24) is 5.32 Å². The maximum Gasteiger partial charge on any atom is 0.127 e. The van der Waals surface area contributed by atoms with Gasteiger partial charge in [0, 0.05) is 18.2 Å². The van der Waals surface area contributed by atoms with E-state index in [0.29, 0.717) is 6.54 Å². The van der Waals surface area contributed by atoms with E-state index in [1.165, 1.54) is 22.3 Å². The number of benzene rings is 1. The van der Waals surface area contributed by atoms with Gasteiger partial charge in [-0.25, -0.2) is 0 Å². The third-order valence-corrected chi connectivity index (χ3v) is 3.17. The van der Waals surface area contributed by atoms with E-state index in [1.54, 1.807) is 7.11 Å². The molecule has 0 saturated heterocycles. The van der Waals surface area contributed by atoms with Gasteiger partial charge in [0.25, 0.3) is 0 Å². The molecular weight excluding hydrogens is 200 g/mol. The van der Waals surface area contributed by atoms with Crippen LogP contribution in [0.3, 0.4) is 0 Å². The van der Waals surface area contributed by atoms with E-state index in [-0.39, 0.29) is 6.04 Å². The second-order valence-electron chi connectivity index (χ2n) is 4.16. The zero-order valence-electron chi connectivity index (χ0n) is 10.8. The maximum atomic E-state index is 5.78. The number of rotatable bonds is 4. The molecule has 0 radical (unpaired) electrons. The van der Waals surface area contributed by atoms with Gasteiger partial charge in [-0.05, 0) is 44.5 Å². The number of hydrogen-bond donors (Lipinski definition) is 2. The molecule has 3 heteroatoms. The van der Waals surface area contributed by atoms with Crippen molar-refractivity contribution < 1.29 is 4.74 Å². The molecule has 0 aliphatic rings. The van der Waals surface area contributed by atoms with Crippen molar-refractivity contribution in [2.75, 3.05) is 20.7 Å². The molecule has 0 aromatic heterocycles. The van der Waals surface area contributed by atoms with Gasteiger partial charge in [0.2, 0.25) is 0 Å². The van der Waals surface area contributed by atoms with Gasteiger partial charge in [-0.3, -0.25) is 0 Å². The lowest BCUT2D eigenvalue weighted by atomic mass is 9.94. The molecule has 1 rings (SSSR count). The van der Waals surface area contributed by atoms with Gasteiger partial charge in [-0.15, -0.1) is 0 Å². The van der Waals surface area contributed by atoms with E-state index in [0.717, 1.165) is 5.75 Å². The standard InChI is InChI=1S/C13H22N2O/c1-8-6-9(2)12(11(7-14)15-4)13(16-5)10(8)3/h6,11,15H,7,14H2,1-5H3. The van der Waals surface area contributed by atoms with Crippen molar-refractivity contribution >= 4 is 0 Å². The molecule has 90 valence electrons. The van der Waals surface area contributed by atoms with Crippen LogP contribution in [0.2, 0.25) is 0 Å². The summed E-state index contributed by atoms with van der Waals surface area (Å²) in [5, 5.41) is 3.23. The van der Waals surface area contributed by atoms with Crippen molar-refractivity contribution in [1.29, 1.82) is 0 Å². The maximum absolute atomic E-state index is 5.78. The monoisotopic (exact) mass is 222 g/mol. The van der Waals surface area contributed by atoms with Crippen molar-refractivity contribution in [3.05, 3.63) is 28.3 Å². The van der Waals surface area contributed by atoms with Gasteiger partial charge in [0.05, 0.1) is 7.11 Å². The average molecular weight is 222 g/mol. The molecule has 0 saturated carbocycles. The van der Waals surface area contributed by atoms with E-state index >= 15 is 0 Å². The Bertz CT molecular complexity index is 371. The van der Waals surface area contributed by atoms with E-state index in [2.05, 4.69) is 32.2 Å². The van der Waals surface area contributed by atoms with Crippen LogP contribution in [0.4, 0.5) is 0 Å². The van der Waals surface area contributed by atoms with Gasteiger partial charge in [0.1, 0.15) is 5.75 Å². The lowest BCUT2D eigenvalue weighted by molar-refractivity contribution is 0.398. The zero-order chi connectivity index (χ0) is 12.3. The molecule has 0 aliphatic carbocycles. The highest BCUT2D eigenvalue weighted by atomic mass is 16.5. The minimum Gasteiger partial charge on any atom is -0.496 e. The predicted molar refractivity (Wildman–Crippen MR) is 68.1 cm³/mol. The van der Waals surface area contributed by atoms with E-state index in [4.69, 9.17) is 10.5 Å². The third-order valence-electron chi connectivity index (χ3n) is 3.17. The summed E-state index contributed by atoms with van der Waals surface area (Å²) < 4.78 is 5.53. The number of nitrogens with two attached hydrogens (primary N) is 1. The fraction of sp³-hybridized carbons (Fsp3) is 0.538. The summed E-state index contributed by atoms with van der Waals surface area (Å²) in [5.74, 6) is 0.960. The molecule has 0 fully saturated rings. The highest BCUT2D eigenvalue weighted by Gasteiger charge is 2.18. The van der Waals surface area contributed by atoms with E-state index in [1.807, 2.05) is 7.05 Å². The van der Waals surface area contributed by atoms with Gasteiger partial charge < -0.3 is 15.8 Å². The molecule has 1 aromatic rings. The van der Waals surface area contributed by atoms with Crippen molar-refractivity contribution in [3.8, 4) is 5.75 Å². The number of likely N-dealkylation sites (N-methyl/N-ethyl adjacent to an activating group) is 1. The van der Waals surface area contributed by atoms with Crippen molar-refractivity contribution in [3.63, 3.8) is 0 Å². The number of ether oxygens (including phenoxy) is 1. The molecule has 0 aliphatic heterocycles. The Morgan fingerprint density at radius 2 is 1.94 bits per heavy atom. The van der Waals surface area contributed by atoms with E-state index in [9.17, 15) is 0 Å². The Labute approximate surface area is 98.0 Å². The Morgan fingerprint density at radius 1 is 1.31 bits per heavy atom. The summed E-state index contributed by atoms with van der Waals surface area (Å²) in [7, 11) is 3.64. The second kappa shape index (κ2) is 5.32. The summed E-state index contributed by atoms with van der Waals surface area (Å²) >= 11 is 0. The fourth-order valence-corrected chi connectivity index (χ4v) is 2.15. The zero-order valence-corrected chi connectivity index (χ0v) is 10.8. The first-order valence-electron chi connectivity index (χ1n) is 5.58. The molecule has 3 nitrogen and oxygen atoms in total. The Hall–Kier alpha value is -1.06. The van der Waals surface area contributed by atoms with Gasteiger partial charge in [-0.1, -0.05) is 6.07 Å². The van der Waals surface area contributed by atoms with Crippen LogP contribution in [0.15, 0.2) is 6.07 Å². The normalized spacial score (nSPS) is 12.6. The second-order valence-corrected chi connectivity index (χ2v) is 4.16. The van der Waals surface area contributed by atoms with Gasteiger partial charge in [-0.2, -0.15) is 0 Å². The summed E-state index contributed by atoms with van der Waals surface area (Å²) in [4.78, 5) is 0. The number of aryl methyl sites for hydroxylation is 2. The molecule has 1 unspecified atom stereocenters. The minimum atomic E-state index is 0.147. The topological polar surface area (TPSA) is 47.3 Å². The Morgan fingerprint density at radius 3 is 2.38 bits per heavy atom. The summed E-state index contributed by atoms with van der Waals surface area (Å²) in [6.45, 7) is 6.85. The highest BCUT2D eigenvalue weighted by molar-refractivity contribution is 5.51. The average Bonchev–Trinajstić information content (AvgIpc) is 2.27. The molecule has 0 amide bonds. The summed E-state index contributed by atoms with van der Waals surface area (Å²) in [6.07, 6.45) is 0. The number of hydrogen-bond acceptors (Lipinski definition) is 3. The molecule has 0 heterocycles. The molecule has 1 atom stereocenters. The highest BCUT2D eigenvalue weighted by Crippen LogP contribution is 2.33. The Balaban J connectivity index is 3.41. The van der Waals surface area contributed by atoms with Gasteiger partial charge >= 0.3 is 0 Å². The van der Waals surface area contributed by atoms with Crippen LogP contribution in [-0.2, 0) is 0 Å². The smallest absolute Gasteiger partial charge is 0.127 e. The van der Waals surface area contributed by atoms with Crippen LogP contribution < -0.4 is 15.8 Å². The van der Waals surface area contributed by atoms with Crippen LogP contribution >= 0.6 is 0 Å². The first-order valence-corrected chi connectivity index (χ1v) is 5.58. The molecular formula is C13H22N2O. The summed E-state index contributed by atoms with van der Waals surface area (Å²) in [6, 6.07) is 2.34. The lowest BCUT2D eigenvalue weighted by Gasteiger charge is -2.22. The minimum absolute atomic E-state index is 0.147. The Kier molecular flexibility index (Phi) is 4.33. The number of nitrogens with one attached hydrogen (secondary N) is 1. The lowest BCUT2D eigenvalue weighted by Crippen LogP contribution is -2.26. The quantitative estimate of drug-likeness (QED) is 0.817. The van der Waals surface area contributed by atoms with Crippen LogP contribution in [0.25, 0.3) is 0 Å². The molecule has 0 spiro atoms. The predicted octanol–water partition coefficient (Wildman–Crippen LogP) is 1.84. The van der Waals surface area contributed by atoms with Crippen LogP contribution in [0, 0.1) is 20.8 Å². The SMILES string of the molecule is CNC(CN)c1c(C)cc(C)c(C)c1OC. The first kappa shape index (κ1) is 13.0. The van der Waals surface area contributed by atoms with Crippen molar-refractivity contribution in [2.24, 2.45) is 5.73 Å². The van der Waals surface area contributed by atoms with E-state index < -0.39 is 0 Å². The molecule has 1 aromatic carbocycles. The summed E-state index contributed by atoms with van der Waals surface area (Å²) in [5.41, 5.74) is 10.6. The fourth-order valence-electron chi connectivity index (χ4n) is 2.15. The molecule has 16 heavy (non-hydrogen) atoms.